The van der Waals surface area contributed by atoms with Crippen molar-refractivity contribution >= 4 is 11.9 Å². The minimum absolute atomic E-state index is 0.225. The molecule has 1 aliphatic heterocycles. The molecule has 1 unspecified atom stereocenters. The third-order valence-electron chi connectivity index (χ3n) is 4.52. The molecule has 1 atom stereocenters. The van der Waals surface area contributed by atoms with E-state index in [0.717, 1.165) is 32.4 Å². The number of imide groups is 1. The van der Waals surface area contributed by atoms with Crippen LogP contribution in [0.2, 0.25) is 0 Å². The molecular weight excluding hydrogens is 290 g/mol. The summed E-state index contributed by atoms with van der Waals surface area (Å²) in [5.74, 6) is 0.449. The number of likely N-dealkylation sites (tertiary alicyclic amines) is 1. The highest BCUT2D eigenvalue weighted by Gasteiger charge is 2.27. The lowest BCUT2D eigenvalue weighted by Gasteiger charge is -2.35. The fraction of sp³-hybridized carbons (Fsp3) is 0.556. The highest BCUT2D eigenvalue weighted by molar-refractivity contribution is 5.96. The fourth-order valence-electron chi connectivity index (χ4n) is 3.08. The van der Waals surface area contributed by atoms with Crippen molar-refractivity contribution in [2.75, 3.05) is 19.6 Å². The summed E-state index contributed by atoms with van der Waals surface area (Å²) in [6.45, 7) is 6.01. The third kappa shape index (κ3) is 5.36. The molecule has 0 spiro atoms. The Hall–Kier alpha value is -1.88. The molecular formula is C18H27N3O2. The van der Waals surface area contributed by atoms with Gasteiger partial charge < -0.3 is 5.32 Å². The van der Waals surface area contributed by atoms with E-state index in [4.69, 9.17) is 0 Å². The third-order valence-corrected chi connectivity index (χ3v) is 4.52. The Labute approximate surface area is 138 Å². The van der Waals surface area contributed by atoms with Crippen molar-refractivity contribution in [1.29, 1.82) is 0 Å². The minimum Gasteiger partial charge on any atom is -0.338 e. The highest BCUT2D eigenvalue weighted by Crippen LogP contribution is 2.22. The largest absolute Gasteiger partial charge is 0.338 e. The van der Waals surface area contributed by atoms with Crippen molar-refractivity contribution in [3.8, 4) is 0 Å². The number of benzene rings is 1. The topological polar surface area (TPSA) is 61.4 Å². The van der Waals surface area contributed by atoms with Crippen LogP contribution in [0.1, 0.15) is 32.3 Å². The van der Waals surface area contributed by atoms with Crippen LogP contribution in [0.5, 0.6) is 0 Å². The second kappa shape index (κ2) is 8.67. The number of hydrogen-bond donors (Lipinski definition) is 2. The lowest BCUT2D eigenvalue weighted by Crippen LogP contribution is -2.51. The van der Waals surface area contributed by atoms with Crippen molar-refractivity contribution in [2.45, 2.75) is 39.2 Å². The molecule has 1 heterocycles. The number of carbonyl (C=O) groups is 2. The first-order chi connectivity index (χ1) is 11.1. The molecule has 1 aromatic rings. The Bertz CT molecular complexity index is 510. The molecule has 23 heavy (non-hydrogen) atoms. The highest BCUT2D eigenvalue weighted by atomic mass is 16.2. The fourth-order valence-corrected chi connectivity index (χ4v) is 3.08. The Kier molecular flexibility index (Phi) is 6.59. The second-order valence-corrected chi connectivity index (χ2v) is 6.19. The van der Waals surface area contributed by atoms with Gasteiger partial charge >= 0.3 is 6.03 Å². The zero-order valence-electron chi connectivity index (χ0n) is 14.0. The molecule has 126 valence electrons. The summed E-state index contributed by atoms with van der Waals surface area (Å²) in [5.41, 5.74) is 1.38. The molecule has 1 aliphatic rings. The Balaban J connectivity index is 1.77. The molecule has 2 N–H and O–H groups in total. The van der Waals surface area contributed by atoms with Crippen molar-refractivity contribution < 1.29 is 9.59 Å². The zero-order valence-corrected chi connectivity index (χ0v) is 14.0. The van der Waals surface area contributed by atoms with Crippen LogP contribution in [-0.2, 0) is 11.2 Å². The number of hydrogen-bond acceptors (Lipinski definition) is 3. The van der Waals surface area contributed by atoms with Gasteiger partial charge in [-0.2, -0.15) is 0 Å². The summed E-state index contributed by atoms with van der Waals surface area (Å²) in [7, 11) is 0. The van der Waals surface area contributed by atoms with Gasteiger partial charge in [-0.1, -0.05) is 30.3 Å². The summed E-state index contributed by atoms with van der Waals surface area (Å²) in [6, 6.07) is 9.87. The van der Waals surface area contributed by atoms with E-state index >= 15 is 0 Å². The first kappa shape index (κ1) is 17.5. The molecule has 2 rings (SSSR count). The lowest BCUT2D eigenvalue weighted by molar-refractivity contribution is -0.125. The van der Waals surface area contributed by atoms with Crippen molar-refractivity contribution in [2.24, 2.45) is 5.92 Å². The molecule has 1 aromatic carbocycles. The average molecular weight is 317 g/mol. The van der Waals surface area contributed by atoms with Gasteiger partial charge in [-0.25, -0.2) is 4.79 Å². The van der Waals surface area contributed by atoms with Crippen LogP contribution in [-0.4, -0.2) is 42.5 Å². The summed E-state index contributed by atoms with van der Waals surface area (Å²) in [6.07, 6.45) is 3.29. The summed E-state index contributed by atoms with van der Waals surface area (Å²) < 4.78 is 0. The zero-order chi connectivity index (χ0) is 16.7. The van der Waals surface area contributed by atoms with E-state index in [2.05, 4.69) is 39.8 Å². The van der Waals surface area contributed by atoms with Gasteiger partial charge in [-0.05, 0) is 57.7 Å². The van der Waals surface area contributed by atoms with Crippen LogP contribution < -0.4 is 10.6 Å². The Morgan fingerprint density at radius 2 is 1.87 bits per heavy atom. The summed E-state index contributed by atoms with van der Waals surface area (Å²) in [5, 5.41) is 4.98. The number of nitrogens with zero attached hydrogens (tertiary/aromatic N) is 1. The lowest BCUT2D eigenvalue weighted by atomic mass is 9.89. The molecule has 0 saturated carbocycles. The van der Waals surface area contributed by atoms with Gasteiger partial charge in [0.2, 0.25) is 5.91 Å². The number of urea groups is 1. The number of rotatable bonds is 5. The van der Waals surface area contributed by atoms with E-state index in [1.165, 1.54) is 5.56 Å². The predicted octanol–water partition coefficient (Wildman–Crippen LogP) is 2.18. The quantitative estimate of drug-likeness (QED) is 0.875. The van der Waals surface area contributed by atoms with Crippen molar-refractivity contribution in [3.63, 3.8) is 0 Å². The van der Waals surface area contributed by atoms with Gasteiger partial charge in [0.25, 0.3) is 0 Å². The number of amides is 3. The Morgan fingerprint density at radius 1 is 1.22 bits per heavy atom. The van der Waals surface area contributed by atoms with Gasteiger partial charge in [-0.3, -0.25) is 15.0 Å². The molecule has 3 amide bonds. The molecule has 0 aliphatic carbocycles. The second-order valence-electron chi connectivity index (χ2n) is 6.19. The van der Waals surface area contributed by atoms with Crippen LogP contribution in [0.3, 0.4) is 0 Å². The smallest absolute Gasteiger partial charge is 0.321 e. The molecule has 0 aromatic heterocycles. The van der Waals surface area contributed by atoms with Crippen molar-refractivity contribution in [1.82, 2.24) is 15.5 Å². The molecule has 5 heteroatoms. The van der Waals surface area contributed by atoms with Crippen LogP contribution in [0.25, 0.3) is 0 Å². The SMILES string of the molecule is CCNC(=O)NC(=O)C(C)N1CCC(Cc2ccccc2)CC1. The van der Waals surface area contributed by atoms with Crippen LogP contribution >= 0.6 is 0 Å². The van der Waals surface area contributed by atoms with Crippen LogP contribution in [0.4, 0.5) is 4.79 Å². The van der Waals surface area contributed by atoms with Crippen molar-refractivity contribution in [3.05, 3.63) is 35.9 Å². The predicted molar refractivity (Wildman–Crippen MR) is 91.1 cm³/mol. The minimum atomic E-state index is -0.414. The maximum Gasteiger partial charge on any atom is 0.321 e. The van der Waals surface area contributed by atoms with Gasteiger partial charge in [-0.15, -0.1) is 0 Å². The van der Waals surface area contributed by atoms with E-state index in [-0.39, 0.29) is 11.9 Å². The van der Waals surface area contributed by atoms with E-state index in [9.17, 15) is 9.59 Å². The van der Waals surface area contributed by atoms with E-state index in [1.807, 2.05) is 19.9 Å². The molecule has 1 fully saturated rings. The number of piperidine rings is 1. The monoisotopic (exact) mass is 317 g/mol. The Morgan fingerprint density at radius 3 is 2.48 bits per heavy atom. The maximum absolute atomic E-state index is 12.1. The van der Waals surface area contributed by atoms with Crippen LogP contribution in [0, 0.1) is 5.92 Å². The number of carbonyl (C=O) groups excluding carboxylic acids is 2. The van der Waals surface area contributed by atoms with Gasteiger partial charge in [0.15, 0.2) is 0 Å². The normalized spacial score (nSPS) is 17.5. The maximum atomic E-state index is 12.1. The first-order valence-electron chi connectivity index (χ1n) is 8.46. The number of nitrogens with one attached hydrogen (secondary N) is 2. The van der Waals surface area contributed by atoms with Gasteiger partial charge in [0, 0.05) is 6.54 Å². The molecule has 1 saturated heterocycles. The van der Waals surface area contributed by atoms with Gasteiger partial charge in [0.1, 0.15) is 0 Å². The average Bonchev–Trinajstić information content (AvgIpc) is 2.56. The van der Waals surface area contributed by atoms with E-state index in [1.54, 1.807) is 0 Å². The summed E-state index contributed by atoms with van der Waals surface area (Å²) >= 11 is 0. The van der Waals surface area contributed by atoms with Crippen LogP contribution in [0.15, 0.2) is 30.3 Å². The molecule has 5 nitrogen and oxygen atoms in total. The van der Waals surface area contributed by atoms with Gasteiger partial charge in [0.05, 0.1) is 6.04 Å². The standard InChI is InChI=1S/C18H27N3O2/c1-3-19-18(23)20-17(22)14(2)21-11-9-16(10-12-21)13-15-7-5-4-6-8-15/h4-8,14,16H,3,9-13H2,1-2H3,(H2,19,20,22,23). The molecule has 0 bridgehead atoms. The van der Waals surface area contributed by atoms with E-state index < -0.39 is 6.03 Å². The van der Waals surface area contributed by atoms with E-state index in [0.29, 0.717) is 12.5 Å². The molecule has 0 radical (unpaired) electrons. The first-order valence-corrected chi connectivity index (χ1v) is 8.46. The summed E-state index contributed by atoms with van der Waals surface area (Å²) in [4.78, 5) is 25.7.